The summed E-state index contributed by atoms with van der Waals surface area (Å²) in [6.07, 6.45) is -4.57. The van der Waals surface area contributed by atoms with Gasteiger partial charge in [-0.3, -0.25) is 4.98 Å². The number of fused-ring (bicyclic) bond motifs is 3. The molecule has 2 aromatic heterocycles. The predicted octanol–water partition coefficient (Wildman–Crippen LogP) is 4.04. The van der Waals surface area contributed by atoms with E-state index in [0.717, 1.165) is 23.9 Å². The van der Waals surface area contributed by atoms with Gasteiger partial charge in [0, 0.05) is 23.3 Å². The minimum absolute atomic E-state index is 0.0234. The van der Waals surface area contributed by atoms with E-state index in [4.69, 9.17) is 0 Å². The number of benzene rings is 1. The Morgan fingerprint density at radius 1 is 1.17 bits per heavy atom. The molecule has 29 heavy (non-hydrogen) atoms. The van der Waals surface area contributed by atoms with Crippen LogP contribution in [0.4, 0.5) is 13.2 Å². The van der Waals surface area contributed by atoms with Gasteiger partial charge in [0.05, 0.1) is 33.6 Å². The molecule has 0 aliphatic carbocycles. The van der Waals surface area contributed by atoms with Crippen molar-refractivity contribution in [2.24, 2.45) is 0 Å². The van der Waals surface area contributed by atoms with Crippen LogP contribution in [-0.2, 0) is 29.3 Å². The molecule has 1 aromatic carbocycles. The number of hydrogen-bond donors (Lipinski definition) is 1. The van der Waals surface area contributed by atoms with Crippen LogP contribution in [-0.4, -0.2) is 33.9 Å². The van der Waals surface area contributed by atoms with E-state index < -0.39 is 21.8 Å². The Balaban J connectivity index is 1.75. The molecule has 1 aliphatic heterocycles. The fourth-order valence-corrected chi connectivity index (χ4v) is 5.88. The molecule has 0 bridgehead atoms. The summed E-state index contributed by atoms with van der Waals surface area (Å²) in [5.74, 6) is 0.0234. The predicted molar refractivity (Wildman–Crippen MR) is 103 cm³/mol. The topological polar surface area (TPSA) is 75.4 Å². The van der Waals surface area contributed by atoms with Crippen molar-refractivity contribution in [3.05, 3.63) is 51.8 Å². The molecule has 0 amide bonds. The van der Waals surface area contributed by atoms with Gasteiger partial charge >= 0.3 is 6.18 Å². The monoisotopic (exact) mass is 489 g/mol. The van der Waals surface area contributed by atoms with Crippen molar-refractivity contribution in [3.63, 3.8) is 0 Å². The fourth-order valence-electron chi connectivity index (χ4n) is 3.45. The number of halogens is 4. The van der Waals surface area contributed by atoms with Gasteiger partial charge in [-0.25, -0.2) is 8.42 Å². The van der Waals surface area contributed by atoms with Gasteiger partial charge in [0.15, 0.2) is 0 Å². The third-order valence-electron chi connectivity index (χ3n) is 4.91. The molecule has 3 heterocycles. The maximum Gasteiger partial charge on any atom is 0.416 e. The number of alkyl halides is 3. The van der Waals surface area contributed by atoms with E-state index in [-0.39, 0.29) is 34.9 Å². The lowest BCUT2D eigenvalue weighted by Crippen LogP contribution is -2.38. The molecular formula is C18H15BrF3N3O3S. The highest BCUT2D eigenvalue weighted by molar-refractivity contribution is 9.10. The first kappa shape index (κ1) is 20.2. The molecule has 11 heteroatoms. The molecule has 0 radical (unpaired) electrons. The van der Waals surface area contributed by atoms with Gasteiger partial charge in [0.25, 0.3) is 0 Å². The lowest BCUT2D eigenvalue weighted by atomic mass is 10.2. The summed E-state index contributed by atoms with van der Waals surface area (Å²) in [7, 11) is -4.07. The van der Waals surface area contributed by atoms with Gasteiger partial charge in [0.2, 0.25) is 15.9 Å². The van der Waals surface area contributed by atoms with Crippen molar-refractivity contribution >= 4 is 36.9 Å². The van der Waals surface area contributed by atoms with E-state index >= 15 is 0 Å². The Bertz CT molecular complexity index is 1240. The van der Waals surface area contributed by atoms with Gasteiger partial charge in [-0.1, -0.05) is 0 Å². The van der Waals surface area contributed by atoms with Gasteiger partial charge in [-0.15, -0.1) is 0 Å². The van der Waals surface area contributed by atoms with E-state index in [9.17, 15) is 26.7 Å². The summed E-state index contributed by atoms with van der Waals surface area (Å²) < 4.78 is 67.5. The van der Waals surface area contributed by atoms with E-state index in [1.807, 2.05) is 0 Å². The summed E-state index contributed by atoms with van der Waals surface area (Å²) in [5, 5.41) is 11.0. The summed E-state index contributed by atoms with van der Waals surface area (Å²) in [4.78, 5) is 4.17. The minimum atomic E-state index is -4.57. The van der Waals surface area contributed by atoms with Crippen LogP contribution >= 0.6 is 15.9 Å². The van der Waals surface area contributed by atoms with Gasteiger partial charge in [-0.05, 0) is 53.2 Å². The second-order valence-corrected chi connectivity index (χ2v) is 9.51. The van der Waals surface area contributed by atoms with Gasteiger partial charge < -0.3 is 9.67 Å². The summed E-state index contributed by atoms with van der Waals surface area (Å²) in [6.45, 7) is 2.00. The highest BCUT2D eigenvalue weighted by Gasteiger charge is 2.35. The second-order valence-electron chi connectivity index (χ2n) is 6.75. The molecule has 0 atom stereocenters. The van der Waals surface area contributed by atoms with Gasteiger partial charge in [-0.2, -0.15) is 17.5 Å². The normalized spacial score (nSPS) is 15.6. The highest BCUT2D eigenvalue weighted by Crippen LogP contribution is 2.37. The first-order chi connectivity index (χ1) is 13.5. The quantitative estimate of drug-likeness (QED) is 0.589. The Morgan fingerprint density at radius 2 is 1.90 bits per heavy atom. The number of hydrogen-bond acceptors (Lipinski definition) is 4. The lowest BCUT2D eigenvalue weighted by molar-refractivity contribution is -0.137. The molecule has 0 saturated carbocycles. The number of aryl methyl sites for hydroxylation is 1. The average molecular weight is 490 g/mol. The molecule has 154 valence electrons. The fraction of sp³-hybridized carbons (Fsp3) is 0.278. The zero-order chi connectivity index (χ0) is 21.1. The standard InChI is InChI=1S/C18H15BrF3N3O3S/c1-10-2-4-12-16(23-10)14-9-24(6-7-25(14)17(12)26)29(27,28)15-5-3-11(8-13(15)19)18(20,21)22/h2-5,8,26H,6-7,9H2,1H3. The van der Waals surface area contributed by atoms with Crippen LogP contribution < -0.4 is 0 Å². The smallest absolute Gasteiger partial charge is 0.416 e. The molecule has 0 unspecified atom stereocenters. The highest BCUT2D eigenvalue weighted by atomic mass is 79.9. The molecular weight excluding hydrogens is 475 g/mol. The Labute approximate surface area is 172 Å². The number of rotatable bonds is 2. The third-order valence-corrected chi connectivity index (χ3v) is 7.73. The van der Waals surface area contributed by atoms with Crippen LogP contribution in [0.3, 0.4) is 0 Å². The van der Waals surface area contributed by atoms with Crippen LogP contribution in [0.1, 0.15) is 17.0 Å². The third kappa shape index (κ3) is 3.30. The zero-order valence-electron chi connectivity index (χ0n) is 15.0. The summed E-state index contributed by atoms with van der Waals surface area (Å²) >= 11 is 2.96. The number of nitrogens with zero attached hydrogens (tertiary/aromatic N) is 3. The van der Waals surface area contributed by atoms with E-state index in [2.05, 4.69) is 20.9 Å². The molecule has 4 rings (SSSR count). The molecule has 6 nitrogen and oxygen atoms in total. The van der Waals surface area contributed by atoms with E-state index in [1.165, 1.54) is 4.31 Å². The Hall–Kier alpha value is -2.11. The summed E-state index contributed by atoms with van der Waals surface area (Å²) in [5.41, 5.74) is 0.829. The van der Waals surface area contributed by atoms with Crippen molar-refractivity contribution in [1.29, 1.82) is 0 Å². The maximum absolute atomic E-state index is 13.1. The molecule has 3 aromatic rings. The van der Waals surface area contributed by atoms with E-state index in [0.29, 0.717) is 16.6 Å². The van der Waals surface area contributed by atoms with Crippen molar-refractivity contribution in [2.45, 2.75) is 31.1 Å². The maximum atomic E-state index is 13.1. The van der Waals surface area contributed by atoms with Gasteiger partial charge in [0.1, 0.15) is 0 Å². The van der Waals surface area contributed by atoms with Crippen LogP contribution in [0.15, 0.2) is 39.7 Å². The van der Waals surface area contributed by atoms with Crippen LogP contribution in [0.5, 0.6) is 5.88 Å². The van der Waals surface area contributed by atoms with Crippen LogP contribution in [0, 0.1) is 6.92 Å². The largest absolute Gasteiger partial charge is 0.494 e. The number of sulfonamides is 1. The Kier molecular flexibility index (Phi) is 4.67. The number of aromatic nitrogens is 2. The molecule has 0 fully saturated rings. The molecule has 0 saturated heterocycles. The van der Waals surface area contributed by atoms with Crippen molar-refractivity contribution in [3.8, 4) is 5.88 Å². The number of aromatic hydroxyl groups is 1. The average Bonchev–Trinajstić information content (AvgIpc) is 2.92. The number of pyridine rings is 1. The van der Waals surface area contributed by atoms with Crippen LogP contribution in [0.25, 0.3) is 10.9 Å². The second kappa shape index (κ2) is 6.71. The van der Waals surface area contributed by atoms with Crippen molar-refractivity contribution in [2.75, 3.05) is 6.54 Å². The first-order valence-corrected chi connectivity index (χ1v) is 10.8. The minimum Gasteiger partial charge on any atom is -0.494 e. The Morgan fingerprint density at radius 3 is 2.55 bits per heavy atom. The first-order valence-electron chi connectivity index (χ1n) is 8.54. The summed E-state index contributed by atoms with van der Waals surface area (Å²) in [6, 6.07) is 5.93. The van der Waals surface area contributed by atoms with E-state index in [1.54, 1.807) is 23.6 Å². The zero-order valence-corrected chi connectivity index (χ0v) is 17.4. The van der Waals surface area contributed by atoms with Crippen molar-refractivity contribution < 1.29 is 26.7 Å². The SMILES string of the molecule is Cc1ccc2c(O)n3c(c2n1)CN(S(=O)(=O)c1ccc(C(F)(F)F)cc1Br)CC3. The molecule has 0 spiro atoms. The molecule has 1 aliphatic rings. The van der Waals surface area contributed by atoms with Crippen molar-refractivity contribution in [1.82, 2.24) is 13.9 Å². The lowest BCUT2D eigenvalue weighted by Gasteiger charge is -2.28. The molecule has 1 N–H and O–H groups in total. The van der Waals surface area contributed by atoms with Crippen LogP contribution in [0.2, 0.25) is 0 Å².